The number of hydrogen-bond acceptors (Lipinski definition) is 6. The summed E-state index contributed by atoms with van der Waals surface area (Å²) in [6.07, 6.45) is 0.518. The van der Waals surface area contributed by atoms with Crippen molar-refractivity contribution in [3.05, 3.63) is 59.4 Å². The number of halogens is 1. The molecule has 2 aliphatic heterocycles. The Morgan fingerprint density at radius 1 is 1.03 bits per heavy atom. The molecule has 0 aliphatic carbocycles. The van der Waals surface area contributed by atoms with Crippen molar-refractivity contribution in [2.45, 2.75) is 19.4 Å². The van der Waals surface area contributed by atoms with Gasteiger partial charge < -0.3 is 14.4 Å². The number of amides is 1. The lowest BCUT2D eigenvalue weighted by Gasteiger charge is -2.34. The SMILES string of the molecule is CCN1CCN(CC(=O)N2N=C(c3ccc(F)cc3)C[C@@H]2c2ccc(OC)cc2OC)CC1. The molecule has 2 aromatic rings. The largest absolute Gasteiger partial charge is 0.497 e. The van der Waals surface area contributed by atoms with Crippen LogP contribution in [0.2, 0.25) is 0 Å². The molecule has 1 fully saturated rings. The lowest BCUT2D eigenvalue weighted by molar-refractivity contribution is -0.134. The molecule has 0 radical (unpaired) electrons. The summed E-state index contributed by atoms with van der Waals surface area (Å²) in [5.74, 6) is 0.967. The topological polar surface area (TPSA) is 57.6 Å². The van der Waals surface area contributed by atoms with Crippen LogP contribution in [0.1, 0.15) is 30.5 Å². The van der Waals surface area contributed by atoms with Crippen LogP contribution in [0.5, 0.6) is 11.5 Å². The van der Waals surface area contributed by atoms with E-state index in [1.807, 2.05) is 18.2 Å². The van der Waals surface area contributed by atoms with E-state index in [0.717, 1.165) is 49.6 Å². The molecule has 0 saturated carbocycles. The first-order chi connectivity index (χ1) is 16.0. The molecule has 1 amide bonds. The van der Waals surface area contributed by atoms with Gasteiger partial charge in [0.15, 0.2) is 0 Å². The Balaban J connectivity index is 1.60. The second-order valence-corrected chi connectivity index (χ2v) is 8.33. The summed E-state index contributed by atoms with van der Waals surface area (Å²) in [6, 6.07) is 11.5. The number of rotatable bonds is 7. The van der Waals surface area contributed by atoms with Gasteiger partial charge in [0.05, 0.1) is 32.5 Å². The molecule has 2 heterocycles. The molecule has 7 nitrogen and oxygen atoms in total. The molecule has 2 aromatic carbocycles. The molecule has 0 N–H and O–H groups in total. The Kier molecular flexibility index (Phi) is 7.25. The van der Waals surface area contributed by atoms with E-state index in [1.54, 1.807) is 31.4 Å². The first-order valence-electron chi connectivity index (χ1n) is 11.3. The van der Waals surface area contributed by atoms with Gasteiger partial charge in [0.1, 0.15) is 17.3 Å². The first kappa shape index (κ1) is 23.2. The monoisotopic (exact) mass is 454 g/mol. The minimum atomic E-state index is -0.310. The molecule has 0 spiro atoms. The van der Waals surface area contributed by atoms with Gasteiger partial charge in [-0.2, -0.15) is 5.10 Å². The van der Waals surface area contributed by atoms with Crippen LogP contribution in [-0.4, -0.2) is 79.9 Å². The number of carbonyl (C=O) groups excluding carboxylic acids is 1. The summed E-state index contributed by atoms with van der Waals surface area (Å²) in [4.78, 5) is 18.0. The number of ether oxygens (including phenoxy) is 2. The highest BCUT2D eigenvalue weighted by atomic mass is 19.1. The molecule has 0 bridgehead atoms. The van der Waals surface area contributed by atoms with Gasteiger partial charge in [0.25, 0.3) is 5.91 Å². The molecule has 8 heteroatoms. The quantitative estimate of drug-likeness (QED) is 0.643. The van der Waals surface area contributed by atoms with Gasteiger partial charge >= 0.3 is 0 Å². The highest BCUT2D eigenvalue weighted by molar-refractivity contribution is 6.03. The van der Waals surface area contributed by atoms with E-state index < -0.39 is 0 Å². The van der Waals surface area contributed by atoms with Crippen LogP contribution >= 0.6 is 0 Å². The second kappa shape index (κ2) is 10.3. The summed E-state index contributed by atoms with van der Waals surface area (Å²) in [6.45, 7) is 7.14. The lowest BCUT2D eigenvalue weighted by Crippen LogP contribution is -2.49. The van der Waals surface area contributed by atoms with E-state index in [9.17, 15) is 9.18 Å². The third kappa shape index (κ3) is 5.17. The Bertz CT molecular complexity index is 1000. The van der Waals surface area contributed by atoms with Gasteiger partial charge in [-0.15, -0.1) is 0 Å². The fourth-order valence-electron chi connectivity index (χ4n) is 4.42. The third-order valence-electron chi connectivity index (χ3n) is 6.41. The van der Waals surface area contributed by atoms with Crippen molar-refractivity contribution < 1.29 is 18.7 Å². The van der Waals surface area contributed by atoms with Crippen molar-refractivity contribution in [2.24, 2.45) is 5.10 Å². The summed E-state index contributed by atoms with van der Waals surface area (Å²) in [7, 11) is 3.21. The van der Waals surface area contributed by atoms with Crippen LogP contribution in [0, 0.1) is 5.82 Å². The zero-order chi connectivity index (χ0) is 23.4. The molecule has 0 unspecified atom stereocenters. The van der Waals surface area contributed by atoms with Crippen molar-refractivity contribution in [1.29, 1.82) is 0 Å². The molecule has 33 heavy (non-hydrogen) atoms. The molecule has 4 rings (SSSR count). The maximum absolute atomic E-state index is 13.5. The molecule has 1 saturated heterocycles. The van der Waals surface area contributed by atoms with Gasteiger partial charge in [-0.3, -0.25) is 9.69 Å². The number of benzene rings is 2. The Morgan fingerprint density at radius 3 is 2.36 bits per heavy atom. The number of carbonyl (C=O) groups is 1. The van der Waals surface area contributed by atoms with E-state index >= 15 is 0 Å². The predicted molar refractivity (Wildman–Crippen MR) is 125 cm³/mol. The van der Waals surface area contributed by atoms with E-state index in [4.69, 9.17) is 14.6 Å². The van der Waals surface area contributed by atoms with E-state index in [1.165, 1.54) is 12.1 Å². The molecular formula is C25H31FN4O3. The van der Waals surface area contributed by atoms with E-state index in [0.29, 0.717) is 24.5 Å². The average Bonchev–Trinajstić information content (AvgIpc) is 3.30. The van der Waals surface area contributed by atoms with Gasteiger partial charge in [0, 0.05) is 44.2 Å². The second-order valence-electron chi connectivity index (χ2n) is 8.33. The van der Waals surface area contributed by atoms with Gasteiger partial charge in [-0.25, -0.2) is 9.40 Å². The number of nitrogens with zero attached hydrogens (tertiary/aromatic N) is 4. The van der Waals surface area contributed by atoms with Crippen molar-refractivity contribution in [3.8, 4) is 11.5 Å². The summed E-state index contributed by atoms with van der Waals surface area (Å²) in [5, 5.41) is 6.29. The molecule has 0 aromatic heterocycles. The predicted octanol–water partition coefficient (Wildman–Crippen LogP) is 3.16. The van der Waals surface area contributed by atoms with Gasteiger partial charge in [-0.1, -0.05) is 19.1 Å². The van der Waals surface area contributed by atoms with Crippen LogP contribution in [0.4, 0.5) is 4.39 Å². The van der Waals surface area contributed by atoms with E-state index in [-0.39, 0.29) is 17.8 Å². The smallest absolute Gasteiger partial charge is 0.257 e. The highest BCUT2D eigenvalue weighted by Crippen LogP contribution is 2.39. The van der Waals surface area contributed by atoms with Crippen molar-refractivity contribution in [3.63, 3.8) is 0 Å². The number of hydrazone groups is 1. The molecule has 176 valence electrons. The summed E-state index contributed by atoms with van der Waals surface area (Å²) in [5.41, 5.74) is 2.42. The Labute approximate surface area is 194 Å². The first-order valence-corrected chi connectivity index (χ1v) is 11.3. The minimum Gasteiger partial charge on any atom is -0.497 e. The van der Waals surface area contributed by atoms with Crippen LogP contribution in [-0.2, 0) is 4.79 Å². The van der Waals surface area contributed by atoms with Gasteiger partial charge in [-0.05, 0) is 36.4 Å². The van der Waals surface area contributed by atoms with Crippen molar-refractivity contribution in [2.75, 3.05) is 53.5 Å². The third-order valence-corrected chi connectivity index (χ3v) is 6.41. The minimum absolute atomic E-state index is 0.0556. The van der Waals surface area contributed by atoms with Gasteiger partial charge in [0.2, 0.25) is 0 Å². The van der Waals surface area contributed by atoms with E-state index in [2.05, 4.69) is 16.7 Å². The lowest BCUT2D eigenvalue weighted by atomic mass is 9.97. The summed E-state index contributed by atoms with van der Waals surface area (Å²) >= 11 is 0. The number of hydrogen-bond donors (Lipinski definition) is 0. The Hall–Kier alpha value is -2.97. The van der Waals surface area contributed by atoms with Crippen molar-refractivity contribution >= 4 is 11.6 Å². The zero-order valence-electron chi connectivity index (χ0n) is 19.5. The molecule has 1 atom stereocenters. The fourth-order valence-corrected chi connectivity index (χ4v) is 4.42. The maximum Gasteiger partial charge on any atom is 0.257 e. The number of piperazine rings is 1. The zero-order valence-corrected chi connectivity index (χ0v) is 19.5. The normalized spacial score (nSPS) is 19.5. The van der Waals surface area contributed by atoms with Crippen LogP contribution < -0.4 is 9.47 Å². The van der Waals surface area contributed by atoms with Crippen LogP contribution in [0.3, 0.4) is 0 Å². The van der Waals surface area contributed by atoms with Crippen LogP contribution in [0.25, 0.3) is 0 Å². The molecule has 2 aliphatic rings. The van der Waals surface area contributed by atoms with Crippen LogP contribution in [0.15, 0.2) is 47.6 Å². The highest BCUT2D eigenvalue weighted by Gasteiger charge is 2.35. The number of likely N-dealkylation sites (N-methyl/N-ethyl adjacent to an activating group) is 1. The standard InChI is InChI=1S/C25H31FN4O3/c1-4-28-11-13-29(14-12-28)17-25(31)30-23(21-10-9-20(32-2)15-24(21)33-3)16-22(27-30)18-5-7-19(26)8-6-18/h5-10,15,23H,4,11-14,16-17H2,1-3H3/t23-/m1/s1. The molecular weight excluding hydrogens is 423 g/mol. The fraction of sp³-hybridized carbons (Fsp3) is 0.440. The van der Waals surface area contributed by atoms with Crippen molar-refractivity contribution in [1.82, 2.24) is 14.8 Å². The maximum atomic E-state index is 13.5. The Morgan fingerprint density at radius 2 is 1.73 bits per heavy atom. The summed E-state index contributed by atoms with van der Waals surface area (Å²) < 4.78 is 24.4. The average molecular weight is 455 g/mol. The number of methoxy groups -OCH3 is 2.